The van der Waals surface area contributed by atoms with Gasteiger partial charge in [0.1, 0.15) is 18.1 Å². The molecule has 3 aromatic rings. The molecule has 0 bridgehead atoms. The Labute approximate surface area is 222 Å². The van der Waals surface area contributed by atoms with E-state index in [4.69, 9.17) is 14.2 Å². The second-order valence-corrected chi connectivity index (χ2v) is 15.9. The Morgan fingerprint density at radius 2 is 1.82 bits per heavy atom. The molecule has 0 saturated carbocycles. The van der Waals surface area contributed by atoms with Crippen molar-refractivity contribution in [3.63, 3.8) is 0 Å². The number of aromatic nitrogens is 2. The van der Waals surface area contributed by atoms with Crippen LogP contribution in [-0.2, 0) is 22.4 Å². The van der Waals surface area contributed by atoms with Crippen LogP contribution in [-0.4, -0.2) is 61.5 Å². The molecular weight excluding hydrogens is 543 g/mol. The van der Waals surface area contributed by atoms with Crippen LogP contribution in [0.5, 0.6) is 11.5 Å². The summed E-state index contributed by atoms with van der Waals surface area (Å²) in [5.74, 6) is -3.77. The molecule has 2 aromatic heterocycles. The van der Waals surface area contributed by atoms with Crippen molar-refractivity contribution in [1.82, 2.24) is 14.5 Å². The summed E-state index contributed by atoms with van der Waals surface area (Å²) in [6.45, 7) is 7.96. The van der Waals surface area contributed by atoms with Crippen molar-refractivity contribution in [2.75, 3.05) is 38.2 Å². The first-order valence-electron chi connectivity index (χ1n) is 12.3. The Kier molecular flexibility index (Phi) is 8.47. The number of morpholine rings is 1. The van der Waals surface area contributed by atoms with E-state index in [0.29, 0.717) is 32.9 Å². The van der Waals surface area contributed by atoms with E-state index in [2.05, 4.69) is 29.9 Å². The number of hydrogen-bond donors (Lipinski definition) is 1. The molecule has 1 aliphatic heterocycles. The SMILES string of the molecule is C[Si](C)(C)CCOCn1cc(C(F)(F)F)c2c(Oc3c(F)cc(NC(=O)N4CCOCC4)cc3F)ccnc21. The summed E-state index contributed by atoms with van der Waals surface area (Å²) in [7, 11) is -1.41. The van der Waals surface area contributed by atoms with E-state index in [1.54, 1.807) is 0 Å². The van der Waals surface area contributed by atoms with Crippen molar-refractivity contribution >= 4 is 30.8 Å². The molecule has 1 fully saturated rings. The van der Waals surface area contributed by atoms with Gasteiger partial charge in [-0.25, -0.2) is 18.6 Å². The smallest absolute Gasteiger partial charge is 0.418 e. The van der Waals surface area contributed by atoms with Crippen molar-refractivity contribution in [1.29, 1.82) is 0 Å². The van der Waals surface area contributed by atoms with Gasteiger partial charge in [0.2, 0.25) is 0 Å². The fourth-order valence-corrected chi connectivity index (χ4v) is 4.69. The number of alkyl halides is 3. The van der Waals surface area contributed by atoms with Gasteiger partial charge in [-0.1, -0.05) is 19.6 Å². The first-order chi connectivity index (χ1) is 18.3. The van der Waals surface area contributed by atoms with E-state index in [0.717, 1.165) is 30.4 Å². The monoisotopic (exact) mass is 572 g/mol. The van der Waals surface area contributed by atoms with Crippen molar-refractivity contribution in [3.05, 3.63) is 47.8 Å². The van der Waals surface area contributed by atoms with Crippen LogP contribution in [0.25, 0.3) is 11.0 Å². The highest BCUT2D eigenvalue weighted by Gasteiger charge is 2.37. The molecule has 8 nitrogen and oxygen atoms in total. The summed E-state index contributed by atoms with van der Waals surface area (Å²) in [5, 5.41) is 1.95. The van der Waals surface area contributed by atoms with Gasteiger partial charge >= 0.3 is 12.2 Å². The van der Waals surface area contributed by atoms with E-state index in [-0.39, 0.29) is 18.1 Å². The number of ether oxygens (including phenoxy) is 3. The van der Waals surface area contributed by atoms with Gasteiger partial charge < -0.3 is 29.0 Å². The van der Waals surface area contributed by atoms with Crippen LogP contribution in [0.1, 0.15) is 5.56 Å². The van der Waals surface area contributed by atoms with Crippen LogP contribution in [0.15, 0.2) is 30.6 Å². The van der Waals surface area contributed by atoms with Crippen LogP contribution in [0.2, 0.25) is 25.7 Å². The maximum absolute atomic E-state index is 14.9. The lowest BCUT2D eigenvalue weighted by Crippen LogP contribution is -2.43. The summed E-state index contributed by atoms with van der Waals surface area (Å²) in [4.78, 5) is 17.8. The minimum Gasteiger partial charge on any atom is -0.450 e. The number of pyridine rings is 1. The fourth-order valence-electron chi connectivity index (χ4n) is 3.93. The lowest BCUT2D eigenvalue weighted by Gasteiger charge is -2.27. The Hall–Kier alpha value is -3.23. The maximum Gasteiger partial charge on any atom is 0.418 e. The molecule has 14 heteroatoms. The zero-order chi connectivity index (χ0) is 28.4. The Bertz CT molecular complexity index is 1310. The molecule has 0 spiro atoms. The molecule has 1 aromatic carbocycles. The summed E-state index contributed by atoms with van der Waals surface area (Å²) in [6, 6.07) is 3.02. The van der Waals surface area contributed by atoms with Gasteiger partial charge in [0.25, 0.3) is 0 Å². The van der Waals surface area contributed by atoms with Gasteiger partial charge in [-0.3, -0.25) is 0 Å². The first kappa shape index (κ1) is 28.8. The predicted octanol–water partition coefficient (Wildman–Crippen LogP) is 6.30. The second kappa shape index (κ2) is 11.5. The molecule has 1 N–H and O–H groups in total. The third-order valence-corrected chi connectivity index (χ3v) is 7.72. The van der Waals surface area contributed by atoms with Gasteiger partial charge in [-0.2, -0.15) is 13.2 Å². The van der Waals surface area contributed by atoms with Crippen molar-refractivity contribution in [2.24, 2.45) is 0 Å². The van der Waals surface area contributed by atoms with E-state index >= 15 is 0 Å². The van der Waals surface area contributed by atoms with Gasteiger partial charge in [0.15, 0.2) is 17.4 Å². The standard InChI is InChI=1S/C25H29F5N4O4Si/c1-39(2,3)11-10-37-15-34-14-17(25(28,29)30)21-20(4-5-31-23(21)34)38-22-18(26)12-16(13-19(22)27)32-24(35)33-6-8-36-9-7-33/h4-5,12-14H,6-11,15H2,1-3H3,(H,32,35). The molecule has 3 heterocycles. The van der Waals surface area contributed by atoms with Gasteiger partial charge in [-0.15, -0.1) is 0 Å². The van der Waals surface area contributed by atoms with Crippen molar-refractivity contribution < 1.29 is 41.0 Å². The van der Waals surface area contributed by atoms with Crippen LogP contribution in [0, 0.1) is 11.6 Å². The topological polar surface area (TPSA) is 77.9 Å². The molecule has 1 saturated heterocycles. The zero-order valence-electron chi connectivity index (χ0n) is 21.7. The molecule has 212 valence electrons. The van der Waals surface area contributed by atoms with Crippen LogP contribution < -0.4 is 10.1 Å². The number of nitrogens with zero attached hydrogens (tertiary/aromatic N) is 3. The average Bonchev–Trinajstić information content (AvgIpc) is 3.24. The van der Waals surface area contributed by atoms with Crippen molar-refractivity contribution in [3.8, 4) is 11.5 Å². The largest absolute Gasteiger partial charge is 0.450 e. The molecule has 0 unspecified atom stereocenters. The third-order valence-electron chi connectivity index (χ3n) is 6.01. The van der Waals surface area contributed by atoms with E-state index in [9.17, 15) is 26.7 Å². The molecule has 0 aliphatic carbocycles. The molecule has 39 heavy (non-hydrogen) atoms. The third kappa shape index (κ3) is 7.05. The van der Waals surface area contributed by atoms with E-state index < -0.39 is 54.4 Å². The highest BCUT2D eigenvalue weighted by atomic mass is 28.3. The quantitative estimate of drug-likeness (QED) is 0.195. The number of hydrogen-bond acceptors (Lipinski definition) is 5. The van der Waals surface area contributed by atoms with Gasteiger partial charge in [0, 0.05) is 58.0 Å². The summed E-state index contributed by atoms with van der Waals surface area (Å²) >= 11 is 0. The number of carbonyl (C=O) groups excluding carboxylic acids is 1. The number of halogens is 5. The normalized spacial score (nSPS) is 14.6. The van der Waals surface area contributed by atoms with E-state index in [1.807, 2.05) is 0 Å². The van der Waals surface area contributed by atoms with Crippen molar-refractivity contribution in [2.45, 2.75) is 38.6 Å². The molecule has 2 amide bonds. The predicted molar refractivity (Wildman–Crippen MR) is 137 cm³/mol. The van der Waals surface area contributed by atoms with Crippen LogP contribution in [0.3, 0.4) is 0 Å². The Balaban J connectivity index is 1.60. The zero-order valence-corrected chi connectivity index (χ0v) is 22.7. The number of anilines is 1. The minimum atomic E-state index is -4.80. The van der Waals surface area contributed by atoms with Crippen LogP contribution >= 0.6 is 0 Å². The molecule has 4 rings (SSSR count). The van der Waals surface area contributed by atoms with E-state index in [1.165, 1.54) is 15.7 Å². The number of carbonyl (C=O) groups is 1. The summed E-state index contributed by atoms with van der Waals surface area (Å²) < 4.78 is 89.0. The number of rotatable bonds is 8. The maximum atomic E-state index is 14.9. The molecule has 0 radical (unpaired) electrons. The molecule has 0 atom stereocenters. The molecule has 1 aliphatic rings. The van der Waals surface area contributed by atoms with Gasteiger partial charge in [-0.05, 0) is 12.1 Å². The number of urea groups is 1. The Morgan fingerprint density at radius 3 is 2.44 bits per heavy atom. The summed E-state index contributed by atoms with van der Waals surface area (Å²) in [5.41, 5.74) is -1.36. The first-order valence-corrected chi connectivity index (χ1v) is 16.0. The highest BCUT2D eigenvalue weighted by molar-refractivity contribution is 6.76. The molecular formula is C25H29F5N4O4Si. The second-order valence-electron chi connectivity index (χ2n) is 10.3. The lowest BCUT2D eigenvalue weighted by molar-refractivity contribution is -0.136. The lowest BCUT2D eigenvalue weighted by atomic mass is 10.2. The number of amides is 2. The number of nitrogens with one attached hydrogen (secondary N) is 1. The Morgan fingerprint density at radius 1 is 1.15 bits per heavy atom. The number of fused-ring (bicyclic) bond motifs is 1. The minimum absolute atomic E-state index is 0.108. The number of benzene rings is 1. The average molecular weight is 573 g/mol. The fraction of sp³-hybridized carbons (Fsp3) is 0.440. The van der Waals surface area contributed by atoms with Crippen LogP contribution in [0.4, 0.5) is 32.4 Å². The van der Waals surface area contributed by atoms with Gasteiger partial charge in [0.05, 0.1) is 24.2 Å². The highest BCUT2D eigenvalue weighted by Crippen LogP contribution is 2.42. The summed E-state index contributed by atoms with van der Waals surface area (Å²) in [6.07, 6.45) is -2.77.